The van der Waals surface area contributed by atoms with E-state index in [0.29, 0.717) is 6.07 Å². The summed E-state index contributed by atoms with van der Waals surface area (Å²) in [6.07, 6.45) is -2.43. The molecule has 0 radical (unpaired) electrons. The minimum absolute atomic E-state index is 0.210. The minimum atomic E-state index is -1.28. The van der Waals surface area contributed by atoms with Gasteiger partial charge in [0.05, 0.1) is 6.04 Å². The number of carbonyl (C=O) groups is 1. The van der Waals surface area contributed by atoms with Crippen LogP contribution in [0.15, 0.2) is 18.2 Å². The van der Waals surface area contributed by atoms with E-state index >= 15 is 0 Å². The lowest BCUT2D eigenvalue weighted by molar-refractivity contribution is 0.0756. The van der Waals surface area contributed by atoms with Crippen LogP contribution >= 0.6 is 0 Å². The van der Waals surface area contributed by atoms with Crippen LogP contribution in [-0.2, 0) is 0 Å². The van der Waals surface area contributed by atoms with Gasteiger partial charge in [0.2, 0.25) is 0 Å². The molecule has 1 amide bonds. The van der Waals surface area contributed by atoms with Crippen LogP contribution in [0, 0.1) is 11.6 Å². The van der Waals surface area contributed by atoms with Gasteiger partial charge in [-0.15, -0.1) is 0 Å². The van der Waals surface area contributed by atoms with Crippen LogP contribution < -0.4 is 10.1 Å². The molecule has 0 fully saturated rings. The first-order valence-electron chi connectivity index (χ1n) is 5.15. The summed E-state index contributed by atoms with van der Waals surface area (Å²) in [6, 6.07) is 1.99. The summed E-state index contributed by atoms with van der Waals surface area (Å²) < 4.78 is 30.7. The third kappa shape index (κ3) is 4.17. The molecule has 1 rings (SSSR count). The number of benzene rings is 1. The van der Waals surface area contributed by atoms with Gasteiger partial charge in [-0.2, -0.15) is 0 Å². The normalized spacial score (nSPS) is 13.8. The zero-order chi connectivity index (χ0) is 13.7. The van der Waals surface area contributed by atoms with Crippen molar-refractivity contribution in [1.29, 1.82) is 0 Å². The van der Waals surface area contributed by atoms with Gasteiger partial charge in [-0.3, -0.25) is 0 Å². The van der Waals surface area contributed by atoms with Gasteiger partial charge >= 0.3 is 6.09 Å². The third-order valence-electron chi connectivity index (χ3n) is 2.23. The summed E-state index contributed by atoms with van der Waals surface area (Å²) in [4.78, 5) is 10.3. The highest BCUT2D eigenvalue weighted by Gasteiger charge is 2.17. The second-order valence-corrected chi connectivity index (χ2v) is 3.69. The maximum absolute atomic E-state index is 13.2. The Kier molecular flexibility index (Phi) is 4.85. The second-order valence-electron chi connectivity index (χ2n) is 3.69. The van der Waals surface area contributed by atoms with Crippen LogP contribution in [0.4, 0.5) is 13.6 Å². The first-order chi connectivity index (χ1) is 8.40. The Morgan fingerprint density at radius 3 is 2.72 bits per heavy atom. The SMILES string of the molecule is C[C@H](NC(=O)O)[C@H](O)COc1ccc(F)cc1F. The molecule has 0 aliphatic carbocycles. The number of carboxylic acid groups (broad SMARTS) is 1. The zero-order valence-corrected chi connectivity index (χ0v) is 9.56. The van der Waals surface area contributed by atoms with E-state index in [-0.39, 0.29) is 12.4 Å². The topological polar surface area (TPSA) is 78.8 Å². The van der Waals surface area contributed by atoms with Crippen molar-refractivity contribution in [3.8, 4) is 5.75 Å². The Balaban J connectivity index is 2.51. The molecule has 7 heteroatoms. The van der Waals surface area contributed by atoms with Gasteiger partial charge in [0.25, 0.3) is 0 Å². The molecule has 0 aromatic heterocycles. The lowest BCUT2D eigenvalue weighted by Gasteiger charge is -2.19. The van der Waals surface area contributed by atoms with Gasteiger partial charge in [-0.1, -0.05) is 0 Å². The molecular formula is C11H13F2NO4. The van der Waals surface area contributed by atoms with Crippen molar-refractivity contribution in [2.24, 2.45) is 0 Å². The largest absolute Gasteiger partial charge is 0.488 e. The highest BCUT2D eigenvalue weighted by Crippen LogP contribution is 2.17. The van der Waals surface area contributed by atoms with Gasteiger partial charge < -0.3 is 20.3 Å². The number of hydrogen-bond donors (Lipinski definition) is 3. The Hall–Kier alpha value is -1.89. The molecule has 0 saturated carbocycles. The molecule has 0 saturated heterocycles. The Labute approximate surface area is 102 Å². The van der Waals surface area contributed by atoms with E-state index in [2.05, 4.69) is 0 Å². The van der Waals surface area contributed by atoms with E-state index in [1.165, 1.54) is 6.92 Å². The fourth-order valence-electron chi connectivity index (χ4n) is 1.20. The van der Waals surface area contributed by atoms with Crippen LogP contribution in [0.25, 0.3) is 0 Å². The number of halogens is 2. The average molecular weight is 261 g/mol. The summed E-state index contributed by atoms with van der Waals surface area (Å²) in [5.41, 5.74) is 0. The zero-order valence-electron chi connectivity index (χ0n) is 9.56. The van der Waals surface area contributed by atoms with Gasteiger partial charge in [0.15, 0.2) is 11.6 Å². The molecule has 3 N–H and O–H groups in total. The predicted molar refractivity (Wildman–Crippen MR) is 58.5 cm³/mol. The molecule has 0 unspecified atom stereocenters. The van der Waals surface area contributed by atoms with Crippen molar-refractivity contribution in [3.05, 3.63) is 29.8 Å². The smallest absolute Gasteiger partial charge is 0.404 e. The van der Waals surface area contributed by atoms with Crippen molar-refractivity contribution in [3.63, 3.8) is 0 Å². The molecule has 0 aliphatic heterocycles. The molecule has 0 aliphatic rings. The van der Waals surface area contributed by atoms with Gasteiger partial charge in [-0.05, 0) is 19.1 Å². The molecular weight excluding hydrogens is 248 g/mol. The lowest BCUT2D eigenvalue weighted by Crippen LogP contribution is -2.43. The number of aliphatic hydroxyl groups excluding tert-OH is 1. The molecule has 1 aromatic rings. The lowest BCUT2D eigenvalue weighted by atomic mass is 10.2. The van der Waals surface area contributed by atoms with E-state index in [1.54, 1.807) is 0 Å². The van der Waals surface area contributed by atoms with Crippen molar-refractivity contribution in [2.75, 3.05) is 6.61 Å². The van der Waals surface area contributed by atoms with Gasteiger partial charge in [0.1, 0.15) is 18.5 Å². The number of ether oxygens (including phenoxy) is 1. The van der Waals surface area contributed by atoms with Gasteiger partial charge in [0, 0.05) is 6.07 Å². The molecule has 0 bridgehead atoms. The van der Waals surface area contributed by atoms with Crippen LogP contribution in [0.3, 0.4) is 0 Å². The molecule has 100 valence electrons. The fraction of sp³-hybridized carbons (Fsp3) is 0.364. The van der Waals surface area contributed by atoms with Crippen molar-refractivity contribution >= 4 is 6.09 Å². The maximum atomic E-state index is 13.2. The van der Waals surface area contributed by atoms with Crippen LogP contribution in [-0.4, -0.2) is 35.1 Å². The number of aliphatic hydroxyl groups is 1. The van der Waals surface area contributed by atoms with E-state index in [9.17, 15) is 18.7 Å². The molecule has 2 atom stereocenters. The number of nitrogens with one attached hydrogen (secondary N) is 1. The summed E-state index contributed by atoms with van der Waals surface area (Å²) in [5.74, 6) is -1.83. The molecule has 0 spiro atoms. The van der Waals surface area contributed by atoms with E-state index in [1.807, 2.05) is 5.32 Å². The highest BCUT2D eigenvalue weighted by atomic mass is 19.1. The first kappa shape index (κ1) is 14.2. The first-order valence-corrected chi connectivity index (χ1v) is 5.15. The number of rotatable bonds is 5. The summed E-state index contributed by atoms with van der Waals surface area (Å²) >= 11 is 0. The van der Waals surface area contributed by atoms with E-state index < -0.39 is 29.9 Å². The standard InChI is InChI=1S/C11H13F2NO4/c1-6(14-11(16)17)9(15)5-18-10-3-2-7(12)4-8(10)13/h2-4,6,9,14-15H,5H2,1H3,(H,16,17)/t6-,9+/m0/s1. The molecule has 0 heterocycles. The van der Waals surface area contributed by atoms with Crippen molar-refractivity contribution < 1.29 is 28.5 Å². The third-order valence-corrected chi connectivity index (χ3v) is 2.23. The van der Waals surface area contributed by atoms with Crippen LogP contribution in [0.5, 0.6) is 5.75 Å². The Bertz CT molecular complexity index is 428. The van der Waals surface area contributed by atoms with E-state index in [4.69, 9.17) is 9.84 Å². The summed E-state index contributed by atoms with van der Waals surface area (Å²) in [6.45, 7) is 1.12. The minimum Gasteiger partial charge on any atom is -0.488 e. The molecule has 18 heavy (non-hydrogen) atoms. The monoisotopic (exact) mass is 261 g/mol. The van der Waals surface area contributed by atoms with Crippen LogP contribution in [0.2, 0.25) is 0 Å². The maximum Gasteiger partial charge on any atom is 0.404 e. The van der Waals surface area contributed by atoms with Crippen molar-refractivity contribution in [2.45, 2.75) is 19.1 Å². The average Bonchev–Trinajstić information content (AvgIpc) is 2.26. The fourth-order valence-corrected chi connectivity index (χ4v) is 1.20. The Morgan fingerprint density at radius 1 is 1.50 bits per heavy atom. The number of amides is 1. The molecule has 5 nitrogen and oxygen atoms in total. The quantitative estimate of drug-likeness (QED) is 0.747. The Morgan fingerprint density at radius 2 is 2.17 bits per heavy atom. The van der Waals surface area contributed by atoms with E-state index in [0.717, 1.165) is 12.1 Å². The predicted octanol–water partition coefficient (Wildman–Crippen LogP) is 1.36. The highest BCUT2D eigenvalue weighted by molar-refractivity contribution is 5.64. The van der Waals surface area contributed by atoms with Crippen LogP contribution in [0.1, 0.15) is 6.92 Å². The summed E-state index contributed by atoms with van der Waals surface area (Å²) in [5, 5.41) is 20.0. The summed E-state index contributed by atoms with van der Waals surface area (Å²) in [7, 11) is 0. The molecule has 1 aromatic carbocycles. The number of hydrogen-bond acceptors (Lipinski definition) is 3. The van der Waals surface area contributed by atoms with Crippen molar-refractivity contribution in [1.82, 2.24) is 5.32 Å². The van der Waals surface area contributed by atoms with Gasteiger partial charge in [-0.25, -0.2) is 13.6 Å². The second kappa shape index (κ2) is 6.15.